The second-order valence-corrected chi connectivity index (χ2v) is 7.15. The largest absolute Gasteiger partial charge is 0.506 e. The van der Waals surface area contributed by atoms with Crippen LogP contribution in [0.25, 0.3) is 0 Å². The second-order valence-electron chi connectivity index (χ2n) is 7.15. The standard InChI is InChI=1S/C21H21F3N2O3/c1-13-2-7-17(18(27)12-13)25-19(28)14-8-10-26(11-9-14)20(29)15-3-5-16(6-4-15)21(22,23)24/h2-7,12,14,27H,8-11H2,1H3,(H,25,28). The first-order chi connectivity index (χ1) is 13.6. The monoisotopic (exact) mass is 406 g/mol. The number of phenolic OH excluding ortho intramolecular Hbond substituents is 1. The molecule has 1 aliphatic heterocycles. The van der Waals surface area contributed by atoms with Crippen LogP contribution in [0.5, 0.6) is 5.75 Å². The molecule has 1 heterocycles. The number of rotatable bonds is 3. The van der Waals surface area contributed by atoms with Crippen molar-refractivity contribution in [3.8, 4) is 5.75 Å². The Morgan fingerprint density at radius 1 is 1.07 bits per heavy atom. The molecule has 2 aromatic rings. The molecular weight excluding hydrogens is 385 g/mol. The zero-order chi connectivity index (χ0) is 21.2. The number of phenols is 1. The summed E-state index contributed by atoms with van der Waals surface area (Å²) in [7, 11) is 0. The molecule has 2 N–H and O–H groups in total. The Bertz CT molecular complexity index is 902. The fraction of sp³-hybridized carbons (Fsp3) is 0.333. The molecule has 0 radical (unpaired) electrons. The summed E-state index contributed by atoms with van der Waals surface area (Å²) in [6.45, 7) is 2.49. The highest BCUT2D eigenvalue weighted by atomic mass is 19.4. The average Bonchev–Trinajstić information content (AvgIpc) is 2.69. The molecule has 0 aromatic heterocycles. The molecule has 1 saturated heterocycles. The summed E-state index contributed by atoms with van der Waals surface area (Å²) in [4.78, 5) is 26.5. The van der Waals surface area contributed by atoms with Crippen LogP contribution in [-0.2, 0) is 11.0 Å². The van der Waals surface area contributed by atoms with Crippen LogP contribution in [0, 0.1) is 12.8 Å². The summed E-state index contributed by atoms with van der Waals surface area (Å²) in [5, 5.41) is 12.6. The van der Waals surface area contributed by atoms with Crippen LogP contribution in [0.1, 0.15) is 34.3 Å². The molecule has 1 aliphatic rings. The van der Waals surface area contributed by atoms with Gasteiger partial charge in [-0.15, -0.1) is 0 Å². The van der Waals surface area contributed by atoms with Crippen LogP contribution in [-0.4, -0.2) is 34.9 Å². The lowest BCUT2D eigenvalue weighted by atomic mass is 9.95. The molecule has 1 fully saturated rings. The molecule has 0 unspecified atom stereocenters. The third kappa shape index (κ3) is 4.88. The van der Waals surface area contributed by atoms with Gasteiger partial charge in [-0.05, 0) is 61.7 Å². The Balaban J connectivity index is 1.57. The van der Waals surface area contributed by atoms with Gasteiger partial charge in [0, 0.05) is 24.6 Å². The number of nitrogens with zero attached hydrogens (tertiary/aromatic N) is 1. The van der Waals surface area contributed by atoms with Crippen molar-refractivity contribution >= 4 is 17.5 Å². The van der Waals surface area contributed by atoms with E-state index in [0.717, 1.165) is 17.7 Å². The third-order valence-corrected chi connectivity index (χ3v) is 5.02. The highest BCUT2D eigenvalue weighted by Crippen LogP contribution is 2.30. The maximum Gasteiger partial charge on any atom is 0.416 e. The van der Waals surface area contributed by atoms with Gasteiger partial charge >= 0.3 is 6.18 Å². The Labute approximate surface area is 166 Å². The number of anilines is 1. The van der Waals surface area contributed by atoms with Crippen LogP contribution in [0.4, 0.5) is 18.9 Å². The van der Waals surface area contributed by atoms with Crippen molar-refractivity contribution in [1.29, 1.82) is 0 Å². The van der Waals surface area contributed by atoms with Gasteiger partial charge in [0.15, 0.2) is 0 Å². The first kappa shape index (κ1) is 20.7. The molecule has 154 valence electrons. The van der Waals surface area contributed by atoms with Crippen LogP contribution in [0.2, 0.25) is 0 Å². The minimum absolute atomic E-state index is 0.00623. The summed E-state index contributed by atoms with van der Waals surface area (Å²) in [6.07, 6.45) is -3.57. The normalized spacial score (nSPS) is 15.2. The Morgan fingerprint density at radius 3 is 2.24 bits per heavy atom. The number of hydrogen-bond acceptors (Lipinski definition) is 3. The van der Waals surface area contributed by atoms with E-state index in [0.29, 0.717) is 31.6 Å². The average molecular weight is 406 g/mol. The van der Waals surface area contributed by atoms with Gasteiger partial charge in [-0.1, -0.05) is 6.07 Å². The second kappa shape index (κ2) is 8.14. The van der Waals surface area contributed by atoms with Crippen molar-refractivity contribution in [1.82, 2.24) is 4.90 Å². The molecule has 0 atom stereocenters. The molecular formula is C21H21F3N2O3. The summed E-state index contributed by atoms with van der Waals surface area (Å²) in [6, 6.07) is 9.09. The molecule has 0 bridgehead atoms. The predicted octanol–water partition coefficient (Wildman–Crippen LogP) is 4.21. The van der Waals surface area contributed by atoms with Crippen LogP contribution >= 0.6 is 0 Å². The van der Waals surface area contributed by atoms with Gasteiger partial charge in [0.2, 0.25) is 5.91 Å². The van der Waals surface area contributed by atoms with E-state index < -0.39 is 11.7 Å². The maximum absolute atomic E-state index is 12.6. The first-order valence-electron chi connectivity index (χ1n) is 9.22. The molecule has 2 amide bonds. The summed E-state index contributed by atoms with van der Waals surface area (Å²) in [5.41, 5.74) is 0.591. The molecule has 0 spiro atoms. The zero-order valence-electron chi connectivity index (χ0n) is 15.8. The van der Waals surface area contributed by atoms with Crippen molar-refractivity contribution in [2.45, 2.75) is 25.9 Å². The smallest absolute Gasteiger partial charge is 0.416 e. The Morgan fingerprint density at radius 2 is 1.69 bits per heavy atom. The minimum atomic E-state index is -4.45. The van der Waals surface area contributed by atoms with Gasteiger partial charge in [0.1, 0.15) is 5.75 Å². The Kier molecular flexibility index (Phi) is 5.81. The van der Waals surface area contributed by atoms with E-state index in [1.807, 2.05) is 6.92 Å². The SMILES string of the molecule is Cc1ccc(NC(=O)C2CCN(C(=O)c3ccc(C(F)(F)F)cc3)CC2)c(O)c1. The number of halogens is 3. The fourth-order valence-electron chi connectivity index (χ4n) is 3.31. The van der Waals surface area contributed by atoms with Gasteiger partial charge in [0.25, 0.3) is 5.91 Å². The van der Waals surface area contributed by atoms with E-state index in [1.165, 1.54) is 17.0 Å². The first-order valence-corrected chi connectivity index (χ1v) is 9.22. The van der Waals surface area contributed by atoms with E-state index in [-0.39, 0.29) is 29.0 Å². The quantitative estimate of drug-likeness (QED) is 0.751. The molecule has 5 nitrogen and oxygen atoms in total. The molecule has 29 heavy (non-hydrogen) atoms. The summed E-state index contributed by atoms with van der Waals surface area (Å²) < 4.78 is 37.9. The summed E-state index contributed by atoms with van der Waals surface area (Å²) >= 11 is 0. The number of nitrogens with one attached hydrogen (secondary N) is 1. The van der Waals surface area contributed by atoms with Crippen LogP contribution in [0.3, 0.4) is 0 Å². The number of carbonyl (C=O) groups is 2. The van der Waals surface area contributed by atoms with Gasteiger partial charge in [-0.2, -0.15) is 13.2 Å². The number of likely N-dealkylation sites (tertiary alicyclic amines) is 1. The molecule has 0 saturated carbocycles. The molecule has 2 aromatic carbocycles. The predicted molar refractivity (Wildman–Crippen MR) is 102 cm³/mol. The van der Waals surface area contributed by atoms with E-state index >= 15 is 0 Å². The molecule has 3 rings (SSSR count). The van der Waals surface area contributed by atoms with E-state index in [9.17, 15) is 27.9 Å². The van der Waals surface area contributed by atoms with Crippen LogP contribution < -0.4 is 5.32 Å². The highest BCUT2D eigenvalue weighted by molar-refractivity contribution is 5.96. The summed E-state index contributed by atoms with van der Waals surface area (Å²) in [5.74, 6) is -0.903. The number of hydrogen-bond donors (Lipinski definition) is 2. The lowest BCUT2D eigenvalue weighted by molar-refractivity contribution is -0.137. The van der Waals surface area contributed by atoms with Crippen LogP contribution in [0.15, 0.2) is 42.5 Å². The molecule has 8 heteroatoms. The Hall–Kier alpha value is -3.03. The van der Waals surface area contributed by atoms with Crippen molar-refractivity contribution in [3.05, 3.63) is 59.2 Å². The molecule has 0 aliphatic carbocycles. The lowest BCUT2D eigenvalue weighted by Crippen LogP contribution is -2.41. The number of amides is 2. The lowest BCUT2D eigenvalue weighted by Gasteiger charge is -2.31. The van der Waals surface area contributed by atoms with E-state index in [2.05, 4.69) is 5.32 Å². The van der Waals surface area contributed by atoms with Crippen molar-refractivity contribution in [3.63, 3.8) is 0 Å². The van der Waals surface area contributed by atoms with E-state index in [4.69, 9.17) is 0 Å². The van der Waals surface area contributed by atoms with Gasteiger partial charge in [-0.3, -0.25) is 9.59 Å². The minimum Gasteiger partial charge on any atom is -0.506 e. The van der Waals surface area contributed by atoms with Gasteiger partial charge in [-0.25, -0.2) is 0 Å². The number of piperidine rings is 1. The van der Waals surface area contributed by atoms with Gasteiger partial charge < -0.3 is 15.3 Å². The number of carbonyl (C=O) groups excluding carboxylic acids is 2. The van der Waals surface area contributed by atoms with Crippen molar-refractivity contribution in [2.24, 2.45) is 5.92 Å². The fourth-order valence-corrected chi connectivity index (χ4v) is 3.31. The third-order valence-electron chi connectivity index (χ3n) is 5.02. The number of alkyl halides is 3. The maximum atomic E-state index is 12.6. The van der Waals surface area contributed by atoms with Crippen molar-refractivity contribution < 1.29 is 27.9 Å². The highest BCUT2D eigenvalue weighted by Gasteiger charge is 2.31. The number of aryl methyl sites for hydroxylation is 1. The van der Waals surface area contributed by atoms with Crippen molar-refractivity contribution in [2.75, 3.05) is 18.4 Å². The van der Waals surface area contributed by atoms with E-state index in [1.54, 1.807) is 18.2 Å². The number of benzene rings is 2. The zero-order valence-corrected chi connectivity index (χ0v) is 15.8. The van der Waals surface area contributed by atoms with Gasteiger partial charge in [0.05, 0.1) is 11.3 Å². The topological polar surface area (TPSA) is 69.6 Å². The number of aromatic hydroxyl groups is 1.